The number of nitrogens with one attached hydrogen (secondary N) is 1. The number of hydrogen-bond donors (Lipinski definition) is 1. The van der Waals surface area contributed by atoms with E-state index in [-0.39, 0.29) is 0 Å². The van der Waals surface area contributed by atoms with E-state index in [2.05, 4.69) is 49.1 Å². The van der Waals surface area contributed by atoms with E-state index in [1.54, 1.807) is 0 Å². The molecule has 2 heterocycles. The van der Waals surface area contributed by atoms with Gasteiger partial charge in [-0.05, 0) is 17.7 Å². The Morgan fingerprint density at radius 1 is 1.10 bits per heavy atom. The number of hydrogen-bond acceptors (Lipinski definition) is 6. The molecule has 0 bridgehead atoms. The molecule has 1 N–H and O–H groups in total. The standard InChI is InChI=1S/C14H18N4O2/c1-3-13(18-5-7-19-8-6-18)4-2-12(1)9-15-10-14-16-11-20-17-14/h1-4,11,15H,5-10H2. The van der Waals surface area contributed by atoms with Crippen molar-refractivity contribution in [1.82, 2.24) is 15.5 Å². The number of nitrogens with zero attached hydrogens (tertiary/aromatic N) is 3. The Labute approximate surface area is 117 Å². The summed E-state index contributed by atoms with van der Waals surface area (Å²) in [7, 11) is 0. The van der Waals surface area contributed by atoms with Crippen LogP contribution in [0.3, 0.4) is 0 Å². The van der Waals surface area contributed by atoms with Crippen LogP contribution in [0.15, 0.2) is 35.2 Å². The number of rotatable bonds is 5. The Bertz CT molecular complexity index is 506. The second-order valence-electron chi connectivity index (χ2n) is 4.72. The Hall–Kier alpha value is -1.92. The van der Waals surface area contributed by atoms with Gasteiger partial charge in [0.1, 0.15) is 0 Å². The van der Waals surface area contributed by atoms with Gasteiger partial charge in [-0.15, -0.1) is 0 Å². The van der Waals surface area contributed by atoms with E-state index in [4.69, 9.17) is 4.74 Å². The molecule has 6 nitrogen and oxygen atoms in total. The molecule has 1 aliphatic heterocycles. The zero-order valence-electron chi connectivity index (χ0n) is 11.3. The zero-order chi connectivity index (χ0) is 13.6. The molecule has 0 spiro atoms. The third-order valence-electron chi connectivity index (χ3n) is 3.33. The molecule has 0 atom stereocenters. The molecule has 3 rings (SSSR count). The van der Waals surface area contributed by atoms with Gasteiger partial charge in [0, 0.05) is 25.3 Å². The van der Waals surface area contributed by atoms with Crippen LogP contribution in [-0.2, 0) is 17.8 Å². The number of aromatic nitrogens is 2. The van der Waals surface area contributed by atoms with Gasteiger partial charge in [0.2, 0.25) is 6.39 Å². The summed E-state index contributed by atoms with van der Waals surface area (Å²) >= 11 is 0. The molecule has 0 radical (unpaired) electrons. The maximum atomic E-state index is 5.36. The summed E-state index contributed by atoms with van der Waals surface area (Å²) in [5, 5.41) is 7.04. The molecule has 2 aromatic rings. The van der Waals surface area contributed by atoms with Crippen molar-refractivity contribution < 1.29 is 9.26 Å². The van der Waals surface area contributed by atoms with Crippen LogP contribution < -0.4 is 10.2 Å². The molecule has 1 aromatic heterocycles. The quantitative estimate of drug-likeness (QED) is 0.884. The number of ether oxygens (including phenoxy) is 1. The summed E-state index contributed by atoms with van der Waals surface area (Å²) in [6.07, 6.45) is 1.34. The predicted octanol–water partition coefficient (Wildman–Crippen LogP) is 1.20. The monoisotopic (exact) mass is 274 g/mol. The summed E-state index contributed by atoms with van der Waals surface area (Å²) in [4.78, 5) is 6.31. The van der Waals surface area contributed by atoms with Crippen molar-refractivity contribution in [3.8, 4) is 0 Å². The van der Waals surface area contributed by atoms with Crippen molar-refractivity contribution >= 4 is 5.69 Å². The Morgan fingerprint density at radius 2 is 1.90 bits per heavy atom. The van der Waals surface area contributed by atoms with E-state index < -0.39 is 0 Å². The molecule has 1 aromatic carbocycles. The molecule has 1 saturated heterocycles. The lowest BCUT2D eigenvalue weighted by atomic mass is 10.2. The lowest BCUT2D eigenvalue weighted by Crippen LogP contribution is -2.36. The average Bonchev–Trinajstić information content (AvgIpc) is 3.02. The minimum atomic E-state index is 0.613. The van der Waals surface area contributed by atoms with Gasteiger partial charge >= 0.3 is 0 Å². The van der Waals surface area contributed by atoms with E-state index in [0.29, 0.717) is 12.4 Å². The number of morpholine rings is 1. The normalized spacial score (nSPS) is 15.5. The predicted molar refractivity (Wildman–Crippen MR) is 74.3 cm³/mol. The third-order valence-corrected chi connectivity index (χ3v) is 3.33. The highest BCUT2D eigenvalue weighted by Gasteiger charge is 2.10. The first kappa shape index (κ1) is 13.1. The molecule has 106 valence electrons. The molecule has 6 heteroatoms. The van der Waals surface area contributed by atoms with Crippen LogP contribution >= 0.6 is 0 Å². The van der Waals surface area contributed by atoms with Crippen LogP contribution in [0, 0.1) is 0 Å². The molecular formula is C14H18N4O2. The molecular weight excluding hydrogens is 256 g/mol. The fraction of sp³-hybridized carbons (Fsp3) is 0.429. The first-order chi connectivity index (χ1) is 9.92. The molecule has 1 aliphatic rings. The second-order valence-corrected chi connectivity index (χ2v) is 4.72. The lowest BCUT2D eigenvalue weighted by Gasteiger charge is -2.28. The van der Waals surface area contributed by atoms with Crippen LogP contribution in [0.4, 0.5) is 5.69 Å². The van der Waals surface area contributed by atoms with E-state index in [0.717, 1.165) is 32.8 Å². The lowest BCUT2D eigenvalue weighted by molar-refractivity contribution is 0.122. The van der Waals surface area contributed by atoms with Crippen molar-refractivity contribution in [2.75, 3.05) is 31.2 Å². The first-order valence-electron chi connectivity index (χ1n) is 6.79. The highest BCUT2D eigenvalue weighted by atomic mass is 16.5. The van der Waals surface area contributed by atoms with E-state index in [1.165, 1.54) is 17.6 Å². The first-order valence-corrected chi connectivity index (χ1v) is 6.79. The molecule has 0 saturated carbocycles. The maximum absolute atomic E-state index is 5.36. The minimum Gasteiger partial charge on any atom is -0.378 e. The maximum Gasteiger partial charge on any atom is 0.213 e. The van der Waals surface area contributed by atoms with E-state index in [1.807, 2.05) is 0 Å². The Morgan fingerprint density at radius 3 is 2.60 bits per heavy atom. The largest absolute Gasteiger partial charge is 0.378 e. The minimum absolute atomic E-state index is 0.613. The van der Waals surface area contributed by atoms with Crippen LogP contribution in [0.2, 0.25) is 0 Å². The fourth-order valence-corrected chi connectivity index (χ4v) is 2.24. The smallest absolute Gasteiger partial charge is 0.213 e. The number of anilines is 1. The van der Waals surface area contributed by atoms with Gasteiger partial charge in [0.25, 0.3) is 0 Å². The Kier molecular flexibility index (Phi) is 4.25. The van der Waals surface area contributed by atoms with Gasteiger partial charge < -0.3 is 19.5 Å². The van der Waals surface area contributed by atoms with Crippen LogP contribution in [0.1, 0.15) is 11.4 Å². The van der Waals surface area contributed by atoms with Crippen molar-refractivity contribution in [2.24, 2.45) is 0 Å². The van der Waals surface area contributed by atoms with Crippen LogP contribution in [0.5, 0.6) is 0 Å². The summed E-state index contributed by atoms with van der Waals surface area (Å²) in [5.74, 6) is 0.676. The van der Waals surface area contributed by atoms with Crippen molar-refractivity contribution in [3.05, 3.63) is 42.0 Å². The fourth-order valence-electron chi connectivity index (χ4n) is 2.24. The Balaban J connectivity index is 1.50. The summed E-state index contributed by atoms with van der Waals surface area (Å²) in [6.45, 7) is 4.96. The molecule has 20 heavy (non-hydrogen) atoms. The summed E-state index contributed by atoms with van der Waals surface area (Å²) in [5.41, 5.74) is 2.50. The molecule has 1 fully saturated rings. The molecule has 0 unspecified atom stereocenters. The summed E-state index contributed by atoms with van der Waals surface area (Å²) < 4.78 is 10.0. The van der Waals surface area contributed by atoms with Gasteiger partial charge in [-0.25, -0.2) is 0 Å². The molecule has 0 amide bonds. The van der Waals surface area contributed by atoms with Gasteiger partial charge in [-0.1, -0.05) is 17.3 Å². The highest BCUT2D eigenvalue weighted by molar-refractivity contribution is 5.47. The van der Waals surface area contributed by atoms with Gasteiger partial charge in [0.05, 0.1) is 19.8 Å². The second kappa shape index (κ2) is 6.49. The van der Waals surface area contributed by atoms with E-state index >= 15 is 0 Å². The van der Waals surface area contributed by atoms with Gasteiger partial charge in [0.15, 0.2) is 5.82 Å². The SMILES string of the molecule is c1nc(CNCc2ccc(N3CCOCC3)cc2)no1. The number of benzene rings is 1. The van der Waals surface area contributed by atoms with Gasteiger partial charge in [-0.3, -0.25) is 0 Å². The van der Waals surface area contributed by atoms with Crippen LogP contribution in [-0.4, -0.2) is 36.4 Å². The highest BCUT2D eigenvalue weighted by Crippen LogP contribution is 2.16. The topological polar surface area (TPSA) is 63.4 Å². The van der Waals surface area contributed by atoms with Crippen LogP contribution in [0.25, 0.3) is 0 Å². The van der Waals surface area contributed by atoms with Gasteiger partial charge in [-0.2, -0.15) is 4.98 Å². The average molecular weight is 274 g/mol. The summed E-state index contributed by atoms with van der Waals surface area (Å²) in [6, 6.07) is 8.62. The zero-order valence-corrected chi connectivity index (χ0v) is 11.3. The van der Waals surface area contributed by atoms with Crippen molar-refractivity contribution in [3.63, 3.8) is 0 Å². The van der Waals surface area contributed by atoms with Crippen molar-refractivity contribution in [1.29, 1.82) is 0 Å². The molecule has 0 aliphatic carbocycles. The third kappa shape index (κ3) is 3.34. The van der Waals surface area contributed by atoms with Crippen molar-refractivity contribution in [2.45, 2.75) is 13.1 Å². The van der Waals surface area contributed by atoms with E-state index in [9.17, 15) is 0 Å².